The number of hydrogen-bond donors (Lipinski definition) is 1. The highest BCUT2D eigenvalue weighted by molar-refractivity contribution is 5.13. The number of hydrogen-bond acceptors (Lipinski definition) is 2. The molecule has 0 spiro atoms. The van der Waals surface area contributed by atoms with Crippen molar-refractivity contribution in [3.05, 3.63) is 0 Å². The molecule has 1 heterocycles. The van der Waals surface area contributed by atoms with Gasteiger partial charge in [0.05, 0.1) is 6.10 Å². The van der Waals surface area contributed by atoms with Gasteiger partial charge in [0.2, 0.25) is 0 Å². The normalized spacial score (nSPS) is 48.6. The Hall–Kier alpha value is -0.0800. The van der Waals surface area contributed by atoms with Crippen molar-refractivity contribution in [2.24, 2.45) is 16.7 Å². The van der Waals surface area contributed by atoms with Crippen molar-refractivity contribution in [2.45, 2.75) is 84.4 Å². The molecule has 2 bridgehead atoms. The zero-order valence-corrected chi connectivity index (χ0v) is 13.2. The standard InChI is InChI=1S/C17H31NO/c1-5-14-11-13(7-9-19-14)18-15-10-12-6-8-17(15,4)16(12,2)3/h12-15,18H,5-11H2,1-4H3. The summed E-state index contributed by atoms with van der Waals surface area (Å²) in [4.78, 5) is 0. The van der Waals surface area contributed by atoms with Crippen LogP contribution < -0.4 is 5.32 Å². The largest absolute Gasteiger partial charge is 0.378 e. The Kier molecular flexibility index (Phi) is 3.46. The van der Waals surface area contributed by atoms with Gasteiger partial charge in [0, 0.05) is 18.7 Å². The summed E-state index contributed by atoms with van der Waals surface area (Å²) >= 11 is 0. The Morgan fingerprint density at radius 1 is 1.16 bits per heavy atom. The minimum Gasteiger partial charge on any atom is -0.378 e. The molecule has 1 N–H and O–H groups in total. The zero-order chi connectivity index (χ0) is 13.7. The Bertz CT molecular complexity index is 340. The van der Waals surface area contributed by atoms with Crippen molar-refractivity contribution in [3.8, 4) is 0 Å². The van der Waals surface area contributed by atoms with E-state index < -0.39 is 0 Å². The molecular weight excluding hydrogens is 234 g/mol. The average Bonchev–Trinajstić information content (AvgIpc) is 2.72. The second kappa shape index (κ2) is 4.73. The molecule has 2 saturated carbocycles. The predicted molar refractivity (Wildman–Crippen MR) is 79.2 cm³/mol. The predicted octanol–water partition coefficient (Wildman–Crippen LogP) is 3.75. The van der Waals surface area contributed by atoms with E-state index in [0.29, 0.717) is 23.0 Å². The van der Waals surface area contributed by atoms with Gasteiger partial charge in [-0.3, -0.25) is 0 Å². The van der Waals surface area contributed by atoms with Crippen LogP contribution in [0.5, 0.6) is 0 Å². The summed E-state index contributed by atoms with van der Waals surface area (Å²) in [5, 5.41) is 4.03. The highest BCUT2D eigenvalue weighted by atomic mass is 16.5. The highest BCUT2D eigenvalue weighted by Crippen LogP contribution is 2.65. The fourth-order valence-electron chi connectivity index (χ4n) is 5.06. The van der Waals surface area contributed by atoms with Gasteiger partial charge in [0.25, 0.3) is 0 Å². The van der Waals surface area contributed by atoms with E-state index in [4.69, 9.17) is 4.74 Å². The van der Waals surface area contributed by atoms with Crippen molar-refractivity contribution in [3.63, 3.8) is 0 Å². The summed E-state index contributed by atoms with van der Waals surface area (Å²) in [7, 11) is 0. The third-order valence-corrected chi connectivity index (χ3v) is 7.05. The third-order valence-electron chi connectivity index (χ3n) is 7.05. The van der Waals surface area contributed by atoms with E-state index in [1.807, 2.05) is 0 Å². The van der Waals surface area contributed by atoms with Crippen molar-refractivity contribution < 1.29 is 4.74 Å². The van der Waals surface area contributed by atoms with Crippen LogP contribution in [0.3, 0.4) is 0 Å². The lowest BCUT2D eigenvalue weighted by atomic mass is 9.69. The van der Waals surface area contributed by atoms with Crippen LogP contribution in [0.15, 0.2) is 0 Å². The average molecular weight is 265 g/mol. The molecule has 1 saturated heterocycles. The number of nitrogens with one attached hydrogen (secondary N) is 1. The van der Waals surface area contributed by atoms with Crippen LogP contribution in [-0.4, -0.2) is 24.8 Å². The summed E-state index contributed by atoms with van der Waals surface area (Å²) in [6, 6.07) is 1.43. The minimum absolute atomic E-state index is 0.491. The lowest BCUT2D eigenvalue weighted by molar-refractivity contribution is -0.00710. The number of rotatable bonds is 3. The summed E-state index contributed by atoms with van der Waals surface area (Å²) in [5.74, 6) is 0.941. The summed E-state index contributed by atoms with van der Waals surface area (Å²) < 4.78 is 5.81. The quantitative estimate of drug-likeness (QED) is 0.839. The van der Waals surface area contributed by atoms with Gasteiger partial charge >= 0.3 is 0 Å². The van der Waals surface area contributed by atoms with E-state index in [0.717, 1.165) is 25.0 Å². The van der Waals surface area contributed by atoms with Crippen LogP contribution >= 0.6 is 0 Å². The highest BCUT2D eigenvalue weighted by Gasteiger charge is 2.61. The molecule has 0 amide bonds. The SMILES string of the molecule is CCC1CC(NC2CC3CCC2(C)C3(C)C)CCO1. The maximum absolute atomic E-state index is 5.81. The first-order chi connectivity index (χ1) is 8.97. The molecule has 1 aliphatic heterocycles. The molecule has 0 aromatic heterocycles. The molecule has 0 aromatic rings. The zero-order valence-electron chi connectivity index (χ0n) is 13.2. The Labute approximate surface area is 118 Å². The van der Waals surface area contributed by atoms with Crippen LogP contribution in [0.25, 0.3) is 0 Å². The van der Waals surface area contributed by atoms with Crippen LogP contribution in [-0.2, 0) is 4.74 Å². The Balaban J connectivity index is 1.65. The summed E-state index contributed by atoms with van der Waals surface area (Å²) in [5.41, 5.74) is 1.04. The van der Waals surface area contributed by atoms with Gasteiger partial charge in [-0.1, -0.05) is 27.7 Å². The van der Waals surface area contributed by atoms with E-state index >= 15 is 0 Å². The van der Waals surface area contributed by atoms with Crippen molar-refractivity contribution in [1.29, 1.82) is 0 Å². The molecule has 110 valence electrons. The Morgan fingerprint density at radius 2 is 1.95 bits per heavy atom. The molecule has 2 aliphatic carbocycles. The van der Waals surface area contributed by atoms with Gasteiger partial charge in [-0.05, 0) is 55.3 Å². The van der Waals surface area contributed by atoms with Gasteiger partial charge < -0.3 is 10.1 Å². The van der Waals surface area contributed by atoms with E-state index in [2.05, 4.69) is 33.0 Å². The van der Waals surface area contributed by atoms with Gasteiger partial charge in [-0.2, -0.15) is 0 Å². The summed E-state index contributed by atoms with van der Waals surface area (Å²) in [6.45, 7) is 10.7. The maximum atomic E-state index is 5.81. The van der Waals surface area contributed by atoms with E-state index in [1.165, 1.54) is 32.1 Å². The first-order valence-electron chi connectivity index (χ1n) is 8.35. The second-order valence-corrected chi connectivity index (χ2v) is 7.95. The lowest BCUT2D eigenvalue weighted by Crippen LogP contribution is -2.50. The molecule has 19 heavy (non-hydrogen) atoms. The molecule has 2 nitrogen and oxygen atoms in total. The van der Waals surface area contributed by atoms with Crippen LogP contribution in [0, 0.1) is 16.7 Å². The molecule has 3 aliphatic rings. The number of ether oxygens (including phenoxy) is 1. The monoisotopic (exact) mass is 265 g/mol. The Morgan fingerprint density at radius 3 is 2.53 bits per heavy atom. The molecular formula is C17H31NO. The first kappa shape index (κ1) is 13.9. The van der Waals surface area contributed by atoms with Crippen LogP contribution in [0.4, 0.5) is 0 Å². The van der Waals surface area contributed by atoms with Gasteiger partial charge in [0.1, 0.15) is 0 Å². The van der Waals surface area contributed by atoms with Crippen molar-refractivity contribution in [1.82, 2.24) is 5.32 Å². The summed E-state index contributed by atoms with van der Waals surface area (Å²) in [6.07, 6.45) is 8.34. The molecule has 3 rings (SSSR count). The van der Waals surface area contributed by atoms with Crippen molar-refractivity contribution >= 4 is 0 Å². The van der Waals surface area contributed by atoms with Gasteiger partial charge in [-0.15, -0.1) is 0 Å². The van der Waals surface area contributed by atoms with Crippen LogP contribution in [0.1, 0.15) is 66.2 Å². The molecule has 2 heteroatoms. The van der Waals surface area contributed by atoms with Gasteiger partial charge in [-0.25, -0.2) is 0 Å². The molecule has 0 radical (unpaired) electrons. The van der Waals surface area contributed by atoms with E-state index in [1.54, 1.807) is 0 Å². The van der Waals surface area contributed by atoms with Gasteiger partial charge in [0.15, 0.2) is 0 Å². The van der Waals surface area contributed by atoms with Crippen molar-refractivity contribution in [2.75, 3.05) is 6.61 Å². The van der Waals surface area contributed by atoms with E-state index in [-0.39, 0.29) is 0 Å². The molecule has 0 aromatic carbocycles. The third kappa shape index (κ3) is 2.06. The van der Waals surface area contributed by atoms with E-state index in [9.17, 15) is 0 Å². The fraction of sp³-hybridized carbons (Fsp3) is 1.00. The smallest absolute Gasteiger partial charge is 0.0587 e. The number of fused-ring (bicyclic) bond motifs is 2. The molecule has 5 atom stereocenters. The fourth-order valence-corrected chi connectivity index (χ4v) is 5.06. The van der Waals surface area contributed by atoms with Crippen LogP contribution in [0.2, 0.25) is 0 Å². The maximum Gasteiger partial charge on any atom is 0.0587 e. The molecule has 3 fully saturated rings. The first-order valence-corrected chi connectivity index (χ1v) is 8.35. The minimum atomic E-state index is 0.491. The topological polar surface area (TPSA) is 21.3 Å². The molecule has 5 unspecified atom stereocenters. The second-order valence-electron chi connectivity index (χ2n) is 7.95. The lowest BCUT2D eigenvalue weighted by Gasteiger charge is -2.42.